The molecular formula is C12H12N2O2. The number of carbonyl (C=O) groups excluding carboxylic acids is 1. The van der Waals surface area contributed by atoms with Crippen molar-refractivity contribution in [1.29, 1.82) is 5.26 Å². The van der Waals surface area contributed by atoms with E-state index in [2.05, 4.69) is 4.98 Å². The van der Waals surface area contributed by atoms with Gasteiger partial charge in [-0.05, 0) is 18.9 Å². The molecule has 0 amide bonds. The Hall–Kier alpha value is -1.73. The van der Waals surface area contributed by atoms with Gasteiger partial charge in [0.1, 0.15) is 17.5 Å². The Morgan fingerprint density at radius 2 is 2.06 bits per heavy atom. The first-order valence-corrected chi connectivity index (χ1v) is 5.25. The third kappa shape index (κ3) is 1.95. The van der Waals surface area contributed by atoms with Gasteiger partial charge in [0.2, 0.25) is 0 Å². The molecule has 4 heteroatoms. The van der Waals surface area contributed by atoms with Crippen LogP contribution in [0.5, 0.6) is 0 Å². The van der Waals surface area contributed by atoms with Crippen molar-refractivity contribution in [2.24, 2.45) is 0 Å². The van der Waals surface area contributed by atoms with Crippen LogP contribution in [-0.4, -0.2) is 15.9 Å². The van der Waals surface area contributed by atoms with Crippen LogP contribution in [0.1, 0.15) is 36.9 Å². The fourth-order valence-corrected chi connectivity index (χ4v) is 1.97. The molecule has 16 heavy (non-hydrogen) atoms. The number of aliphatic hydroxyl groups is 1. The number of hydrogen-bond acceptors (Lipinski definition) is 4. The van der Waals surface area contributed by atoms with Crippen molar-refractivity contribution < 1.29 is 9.90 Å². The highest BCUT2D eigenvalue weighted by Crippen LogP contribution is 2.35. The topological polar surface area (TPSA) is 74.0 Å². The van der Waals surface area contributed by atoms with Crippen molar-refractivity contribution in [2.45, 2.75) is 31.3 Å². The number of nitrogens with zero attached hydrogens (tertiary/aromatic N) is 2. The van der Waals surface area contributed by atoms with E-state index < -0.39 is 5.60 Å². The van der Waals surface area contributed by atoms with Gasteiger partial charge in [-0.1, -0.05) is 6.07 Å². The lowest BCUT2D eigenvalue weighted by Crippen LogP contribution is -2.31. The quantitative estimate of drug-likeness (QED) is 0.767. The summed E-state index contributed by atoms with van der Waals surface area (Å²) in [6.07, 6.45) is 3.24. The Balaban J connectivity index is 2.23. The largest absolute Gasteiger partial charge is 0.385 e. The van der Waals surface area contributed by atoms with Gasteiger partial charge in [-0.2, -0.15) is 5.26 Å². The standard InChI is InChI=1S/C12H12N2O2/c13-7-10-2-1-9(8-14-10)12(16)5-3-11(15)4-6-12/h1-2,8,16H,3-6H2. The maximum atomic E-state index is 11.1. The predicted octanol–water partition coefficient (Wildman–Crippen LogP) is 1.28. The van der Waals surface area contributed by atoms with Gasteiger partial charge in [-0.15, -0.1) is 0 Å². The van der Waals surface area contributed by atoms with E-state index in [1.165, 1.54) is 6.20 Å². The molecule has 4 nitrogen and oxygen atoms in total. The second-order valence-corrected chi connectivity index (χ2v) is 4.11. The minimum Gasteiger partial charge on any atom is -0.385 e. The van der Waals surface area contributed by atoms with E-state index in [0.717, 1.165) is 0 Å². The first kappa shape index (κ1) is 10.8. The third-order valence-electron chi connectivity index (χ3n) is 3.05. The van der Waals surface area contributed by atoms with Gasteiger partial charge < -0.3 is 5.11 Å². The Morgan fingerprint density at radius 3 is 2.56 bits per heavy atom. The summed E-state index contributed by atoms with van der Waals surface area (Å²) in [5.74, 6) is 0.200. The molecule has 0 radical (unpaired) electrons. The minimum absolute atomic E-state index is 0.200. The van der Waals surface area contributed by atoms with E-state index in [9.17, 15) is 9.90 Å². The predicted molar refractivity (Wildman–Crippen MR) is 56.3 cm³/mol. The number of hydrogen-bond donors (Lipinski definition) is 1. The van der Waals surface area contributed by atoms with Crippen molar-refractivity contribution in [2.75, 3.05) is 0 Å². The summed E-state index contributed by atoms with van der Waals surface area (Å²) >= 11 is 0. The summed E-state index contributed by atoms with van der Waals surface area (Å²) in [4.78, 5) is 15.0. The lowest BCUT2D eigenvalue weighted by atomic mass is 9.80. The Kier molecular flexibility index (Phi) is 2.71. The van der Waals surface area contributed by atoms with Crippen molar-refractivity contribution in [3.05, 3.63) is 29.6 Å². The van der Waals surface area contributed by atoms with Crippen LogP contribution in [-0.2, 0) is 10.4 Å². The molecule has 1 aliphatic carbocycles. The molecule has 1 aliphatic rings. The van der Waals surface area contributed by atoms with Crippen LogP contribution in [0.15, 0.2) is 18.3 Å². The summed E-state index contributed by atoms with van der Waals surface area (Å²) in [6, 6.07) is 5.23. The van der Waals surface area contributed by atoms with Crippen molar-refractivity contribution in [1.82, 2.24) is 4.98 Å². The Morgan fingerprint density at radius 1 is 1.38 bits per heavy atom. The SMILES string of the molecule is N#Cc1ccc(C2(O)CCC(=O)CC2)cn1. The molecule has 0 spiro atoms. The smallest absolute Gasteiger partial charge is 0.140 e. The summed E-state index contributed by atoms with van der Waals surface area (Å²) in [5, 5.41) is 19.0. The Labute approximate surface area is 93.5 Å². The normalized spacial score (nSPS) is 19.1. The van der Waals surface area contributed by atoms with Crippen LogP contribution in [0.2, 0.25) is 0 Å². The maximum Gasteiger partial charge on any atom is 0.140 e. The molecule has 1 aromatic heterocycles. The highest BCUT2D eigenvalue weighted by molar-refractivity contribution is 5.79. The van der Waals surface area contributed by atoms with Gasteiger partial charge in [-0.25, -0.2) is 4.98 Å². The van der Waals surface area contributed by atoms with E-state index in [-0.39, 0.29) is 5.78 Å². The van der Waals surface area contributed by atoms with Crippen LogP contribution >= 0.6 is 0 Å². The summed E-state index contributed by atoms with van der Waals surface area (Å²) < 4.78 is 0. The number of pyridine rings is 1. The second kappa shape index (κ2) is 4.03. The molecule has 1 fully saturated rings. The minimum atomic E-state index is -0.950. The van der Waals surface area contributed by atoms with Gasteiger partial charge >= 0.3 is 0 Å². The van der Waals surface area contributed by atoms with Gasteiger partial charge in [-0.3, -0.25) is 4.79 Å². The molecule has 2 rings (SSSR count). The fourth-order valence-electron chi connectivity index (χ4n) is 1.97. The molecule has 1 heterocycles. The van der Waals surface area contributed by atoms with E-state index in [4.69, 9.17) is 5.26 Å². The van der Waals surface area contributed by atoms with Crippen LogP contribution in [0.3, 0.4) is 0 Å². The first-order chi connectivity index (χ1) is 7.64. The molecule has 0 saturated heterocycles. The van der Waals surface area contributed by atoms with E-state index >= 15 is 0 Å². The molecule has 0 aliphatic heterocycles. The molecular weight excluding hydrogens is 204 g/mol. The molecule has 1 saturated carbocycles. The number of carbonyl (C=O) groups is 1. The zero-order valence-electron chi connectivity index (χ0n) is 8.81. The average molecular weight is 216 g/mol. The number of ketones is 1. The summed E-state index contributed by atoms with van der Waals surface area (Å²) in [7, 11) is 0. The second-order valence-electron chi connectivity index (χ2n) is 4.11. The molecule has 0 atom stereocenters. The monoisotopic (exact) mass is 216 g/mol. The van der Waals surface area contributed by atoms with E-state index in [1.807, 2.05) is 6.07 Å². The molecule has 0 unspecified atom stereocenters. The highest BCUT2D eigenvalue weighted by Gasteiger charge is 2.34. The third-order valence-corrected chi connectivity index (χ3v) is 3.05. The van der Waals surface area contributed by atoms with Gasteiger partial charge in [0.05, 0.1) is 5.60 Å². The maximum absolute atomic E-state index is 11.1. The number of Topliss-reactive ketones (excluding diaryl/α,β-unsaturated/α-hetero) is 1. The van der Waals surface area contributed by atoms with E-state index in [1.54, 1.807) is 12.1 Å². The van der Waals surface area contributed by atoms with Gasteiger partial charge in [0.25, 0.3) is 0 Å². The van der Waals surface area contributed by atoms with Crippen molar-refractivity contribution >= 4 is 5.78 Å². The fraction of sp³-hybridized carbons (Fsp3) is 0.417. The average Bonchev–Trinajstić information content (AvgIpc) is 2.33. The molecule has 1 aromatic rings. The molecule has 0 bridgehead atoms. The lowest BCUT2D eigenvalue weighted by molar-refractivity contribution is -0.125. The van der Waals surface area contributed by atoms with Crippen LogP contribution in [0, 0.1) is 11.3 Å². The summed E-state index contributed by atoms with van der Waals surface area (Å²) in [5.41, 5.74) is 0.0766. The first-order valence-electron chi connectivity index (χ1n) is 5.25. The number of aromatic nitrogens is 1. The van der Waals surface area contributed by atoms with Crippen LogP contribution in [0.25, 0.3) is 0 Å². The van der Waals surface area contributed by atoms with Crippen molar-refractivity contribution in [3.8, 4) is 6.07 Å². The highest BCUT2D eigenvalue weighted by atomic mass is 16.3. The zero-order valence-corrected chi connectivity index (χ0v) is 8.81. The summed E-state index contributed by atoms with van der Waals surface area (Å²) in [6.45, 7) is 0. The molecule has 0 aromatic carbocycles. The zero-order chi connectivity index (χ0) is 11.6. The molecule has 82 valence electrons. The number of rotatable bonds is 1. The number of nitriles is 1. The van der Waals surface area contributed by atoms with Crippen LogP contribution in [0.4, 0.5) is 0 Å². The van der Waals surface area contributed by atoms with Crippen molar-refractivity contribution in [3.63, 3.8) is 0 Å². The van der Waals surface area contributed by atoms with E-state index in [0.29, 0.717) is 36.9 Å². The molecule has 1 N–H and O–H groups in total. The van der Waals surface area contributed by atoms with Gasteiger partial charge in [0, 0.05) is 24.6 Å². The Bertz CT molecular complexity index is 435. The van der Waals surface area contributed by atoms with Gasteiger partial charge in [0.15, 0.2) is 0 Å². The lowest BCUT2D eigenvalue weighted by Gasteiger charge is -2.31. The van der Waals surface area contributed by atoms with Crippen LogP contribution < -0.4 is 0 Å².